The minimum absolute atomic E-state index is 0.00523. The maximum atomic E-state index is 13.4. The van der Waals surface area contributed by atoms with Crippen LogP contribution < -0.4 is 5.32 Å². The lowest BCUT2D eigenvalue weighted by Crippen LogP contribution is -2.26. The fraction of sp³-hybridized carbons (Fsp3) is 0.368. The summed E-state index contributed by atoms with van der Waals surface area (Å²) in [5, 5.41) is 3.45. The molecule has 130 valence electrons. The molecule has 2 rings (SSSR count). The Morgan fingerprint density at radius 2 is 1.33 bits per heavy atom. The topological polar surface area (TPSA) is 47.6 Å². The molecular weight excluding hydrogens is 321 g/mol. The van der Waals surface area contributed by atoms with Crippen LogP contribution in [0.25, 0.3) is 0 Å². The molecule has 24 heavy (non-hydrogen) atoms. The SMILES string of the molecule is CCOP(=O)(OCC)[C@H](N[C@@H](C)c1ccccc1)c1ccccc1. The maximum Gasteiger partial charge on any atom is 0.351 e. The van der Waals surface area contributed by atoms with Gasteiger partial charge in [-0.1, -0.05) is 60.7 Å². The van der Waals surface area contributed by atoms with Gasteiger partial charge < -0.3 is 9.05 Å². The first kappa shape index (κ1) is 18.9. The monoisotopic (exact) mass is 347 g/mol. The first-order valence-corrected chi connectivity index (χ1v) is 9.96. The summed E-state index contributed by atoms with van der Waals surface area (Å²) in [6.07, 6.45) is 0. The minimum Gasteiger partial charge on any atom is -0.308 e. The predicted octanol–water partition coefficient (Wildman–Crippen LogP) is 5.30. The standard InChI is InChI=1S/C19H26NO3P/c1-4-22-24(21,23-5-2)19(18-14-10-7-11-15-18)20-16(3)17-12-8-6-9-13-17/h6-16,19-20H,4-5H2,1-3H3/t16-,19-/m0/s1. The van der Waals surface area contributed by atoms with Crippen molar-refractivity contribution in [1.29, 1.82) is 0 Å². The molecule has 2 aromatic rings. The average Bonchev–Trinajstić information content (AvgIpc) is 2.61. The number of rotatable bonds is 9. The summed E-state index contributed by atoms with van der Waals surface area (Å²) >= 11 is 0. The van der Waals surface area contributed by atoms with Crippen LogP contribution in [-0.2, 0) is 13.6 Å². The van der Waals surface area contributed by atoms with Crippen LogP contribution in [0.4, 0.5) is 0 Å². The summed E-state index contributed by atoms with van der Waals surface area (Å²) in [6.45, 7) is 6.38. The zero-order valence-corrected chi connectivity index (χ0v) is 15.4. The van der Waals surface area contributed by atoms with Crippen LogP contribution in [0.1, 0.15) is 43.7 Å². The predicted molar refractivity (Wildman–Crippen MR) is 98.0 cm³/mol. The molecule has 0 heterocycles. The third-order valence-electron chi connectivity index (χ3n) is 3.76. The van der Waals surface area contributed by atoms with Crippen molar-refractivity contribution in [2.45, 2.75) is 32.6 Å². The van der Waals surface area contributed by atoms with Crippen molar-refractivity contribution in [3.63, 3.8) is 0 Å². The van der Waals surface area contributed by atoms with E-state index >= 15 is 0 Å². The lowest BCUT2D eigenvalue weighted by atomic mass is 10.1. The Morgan fingerprint density at radius 3 is 1.79 bits per heavy atom. The van der Waals surface area contributed by atoms with Gasteiger partial charge in [-0.05, 0) is 31.9 Å². The van der Waals surface area contributed by atoms with Crippen molar-refractivity contribution in [3.05, 3.63) is 71.8 Å². The van der Waals surface area contributed by atoms with E-state index in [0.717, 1.165) is 11.1 Å². The molecule has 0 aliphatic heterocycles. The highest BCUT2D eigenvalue weighted by Crippen LogP contribution is 2.60. The Balaban J connectivity index is 2.34. The van der Waals surface area contributed by atoms with Gasteiger partial charge in [-0.25, -0.2) is 0 Å². The Morgan fingerprint density at radius 1 is 0.875 bits per heavy atom. The van der Waals surface area contributed by atoms with Crippen molar-refractivity contribution in [2.24, 2.45) is 0 Å². The third-order valence-corrected chi connectivity index (χ3v) is 6.07. The van der Waals surface area contributed by atoms with E-state index in [4.69, 9.17) is 9.05 Å². The highest BCUT2D eigenvalue weighted by Gasteiger charge is 2.37. The fourth-order valence-corrected chi connectivity index (χ4v) is 4.66. The van der Waals surface area contributed by atoms with E-state index in [0.29, 0.717) is 13.2 Å². The number of benzene rings is 2. The quantitative estimate of drug-likeness (QED) is 0.625. The van der Waals surface area contributed by atoms with Gasteiger partial charge in [0, 0.05) is 6.04 Å². The van der Waals surface area contributed by atoms with Crippen LogP contribution in [0.5, 0.6) is 0 Å². The molecule has 0 saturated carbocycles. The van der Waals surface area contributed by atoms with Crippen LogP contribution in [0, 0.1) is 0 Å². The number of nitrogens with one attached hydrogen (secondary N) is 1. The lowest BCUT2D eigenvalue weighted by Gasteiger charge is -2.30. The molecule has 0 fully saturated rings. The zero-order valence-electron chi connectivity index (χ0n) is 14.5. The second-order valence-corrected chi connectivity index (χ2v) is 7.60. The summed E-state index contributed by atoms with van der Waals surface area (Å²) in [7, 11) is -3.34. The van der Waals surface area contributed by atoms with Gasteiger partial charge in [-0.3, -0.25) is 9.88 Å². The van der Waals surface area contributed by atoms with Crippen molar-refractivity contribution >= 4 is 7.60 Å². The van der Waals surface area contributed by atoms with Crippen LogP contribution >= 0.6 is 7.60 Å². The van der Waals surface area contributed by atoms with Crippen molar-refractivity contribution < 1.29 is 13.6 Å². The summed E-state index contributed by atoms with van der Waals surface area (Å²) in [5.41, 5.74) is 2.02. The van der Waals surface area contributed by atoms with Gasteiger partial charge in [-0.2, -0.15) is 0 Å². The van der Waals surface area contributed by atoms with E-state index in [2.05, 4.69) is 5.32 Å². The van der Waals surface area contributed by atoms with Crippen molar-refractivity contribution in [3.8, 4) is 0 Å². The molecule has 0 aliphatic carbocycles. The van der Waals surface area contributed by atoms with E-state index < -0.39 is 13.4 Å². The smallest absolute Gasteiger partial charge is 0.308 e. The summed E-state index contributed by atoms with van der Waals surface area (Å²) in [5.74, 6) is -0.520. The second-order valence-electron chi connectivity index (χ2n) is 5.49. The average molecular weight is 347 g/mol. The largest absolute Gasteiger partial charge is 0.351 e. The first-order chi connectivity index (χ1) is 11.6. The van der Waals surface area contributed by atoms with Gasteiger partial charge >= 0.3 is 7.60 Å². The lowest BCUT2D eigenvalue weighted by molar-refractivity contribution is 0.205. The van der Waals surface area contributed by atoms with E-state index in [1.165, 1.54) is 0 Å². The Labute approximate surface area is 144 Å². The molecule has 4 nitrogen and oxygen atoms in total. The zero-order chi connectivity index (χ0) is 17.4. The Kier molecular flexibility index (Phi) is 7.19. The van der Waals surface area contributed by atoms with E-state index in [1.54, 1.807) is 0 Å². The van der Waals surface area contributed by atoms with Crippen LogP contribution in [0.3, 0.4) is 0 Å². The molecule has 0 radical (unpaired) electrons. The number of hydrogen-bond donors (Lipinski definition) is 1. The molecule has 2 atom stereocenters. The highest BCUT2D eigenvalue weighted by atomic mass is 31.2. The Bertz CT molecular complexity index is 638. The molecule has 0 spiro atoms. The molecule has 0 aromatic heterocycles. The highest BCUT2D eigenvalue weighted by molar-refractivity contribution is 7.54. The normalized spacial score (nSPS) is 14.3. The third kappa shape index (κ3) is 4.78. The summed E-state index contributed by atoms with van der Waals surface area (Å²) < 4.78 is 24.6. The summed E-state index contributed by atoms with van der Waals surface area (Å²) in [6, 6.07) is 19.8. The molecule has 1 N–H and O–H groups in total. The van der Waals surface area contributed by atoms with Crippen LogP contribution in [0.2, 0.25) is 0 Å². The maximum absolute atomic E-state index is 13.4. The first-order valence-electron chi connectivity index (χ1n) is 8.35. The minimum atomic E-state index is -3.34. The molecule has 2 aromatic carbocycles. The van der Waals surface area contributed by atoms with Gasteiger partial charge in [0.2, 0.25) is 0 Å². The van der Waals surface area contributed by atoms with Gasteiger partial charge in [0.25, 0.3) is 0 Å². The number of hydrogen-bond acceptors (Lipinski definition) is 4. The molecule has 0 aliphatic rings. The van der Waals surface area contributed by atoms with Crippen molar-refractivity contribution in [2.75, 3.05) is 13.2 Å². The van der Waals surface area contributed by atoms with Gasteiger partial charge in [-0.15, -0.1) is 0 Å². The second kappa shape index (κ2) is 9.14. The van der Waals surface area contributed by atoms with Crippen molar-refractivity contribution in [1.82, 2.24) is 5.32 Å². The molecule has 0 amide bonds. The van der Waals surface area contributed by atoms with E-state index in [1.807, 2.05) is 81.4 Å². The van der Waals surface area contributed by atoms with E-state index in [9.17, 15) is 4.57 Å². The molecular formula is C19H26NO3P. The van der Waals surface area contributed by atoms with Crippen LogP contribution in [-0.4, -0.2) is 13.2 Å². The van der Waals surface area contributed by atoms with Gasteiger partial charge in [0.15, 0.2) is 0 Å². The Hall–Kier alpha value is -1.45. The molecule has 0 bridgehead atoms. The van der Waals surface area contributed by atoms with Gasteiger partial charge in [0.1, 0.15) is 5.78 Å². The van der Waals surface area contributed by atoms with E-state index in [-0.39, 0.29) is 6.04 Å². The summed E-state index contributed by atoms with van der Waals surface area (Å²) in [4.78, 5) is 0. The molecule has 0 saturated heterocycles. The molecule has 5 heteroatoms. The van der Waals surface area contributed by atoms with Gasteiger partial charge in [0.05, 0.1) is 13.2 Å². The van der Waals surface area contributed by atoms with Crippen LogP contribution in [0.15, 0.2) is 60.7 Å². The fourth-order valence-electron chi connectivity index (χ4n) is 2.63. The molecule has 0 unspecified atom stereocenters.